The minimum Gasteiger partial charge on any atom is -0.366 e. The molecule has 37 heavy (non-hydrogen) atoms. The number of rotatable bonds is 11. The van der Waals surface area contributed by atoms with E-state index in [9.17, 15) is 9.18 Å². The number of benzene rings is 1. The lowest BCUT2D eigenvalue weighted by Gasteiger charge is -2.28. The maximum absolute atomic E-state index is 13.5. The van der Waals surface area contributed by atoms with E-state index in [-0.39, 0.29) is 5.82 Å². The van der Waals surface area contributed by atoms with Crippen LogP contribution in [0.3, 0.4) is 0 Å². The van der Waals surface area contributed by atoms with E-state index in [0.717, 1.165) is 35.4 Å². The molecule has 1 N–H and O–H groups in total. The highest BCUT2D eigenvalue weighted by Gasteiger charge is 2.23. The third kappa shape index (κ3) is 8.34. The SMILES string of the molecule is CN(C)CC(=O)CCC1CCC(Cc2cc(-c3cccc(NCc4cccc(F)c4)n3)c(Cl)cn2)CC1. The number of likely N-dealkylation sites (N-methyl/N-ethyl adjacent to an activating group) is 1. The lowest BCUT2D eigenvalue weighted by Crippen LogP contribution is -2.23. The van der Waals surface area contributed by atoms with Crippen molar-refractivity contribution in [3.05, 3.63) is 76.8 Å². The maximum Gasteiger partial charge on any atom is 0.146 e. The third-order valence-corrected chi connectivity index (χ3v) is 7.39. The van der Waals surface area contributed by atoms with Crippen molar-refractivity contribution < 1.29 is 9.18 Å². The van der Waals surface area contributed by atoms with Crippen molar-refractivity contribution in [2.24, 2.45) is 11.8 Å². The van der Waals surface area contributed by atoms with Crippen LogP contribution in [-0.4, -0.2) is 41.3 Å². The molecule has 1 aromatic carbocycles. The summed E-state index contributed by atoms with van der Waals surface area (Å²) in [5.74, 6) is 2.05. The summed E-state index contributed by atoms with van der Waals surface area (Å²) in [5.41, 5.74) is 3.54. The van der Waals surface area contributed by atoms with Crippen LogP contribution in [0, 0.1) is 17.7 Å². The second kappa shape index (κ2) is 13.1. The molecule has 1 saturated carbocycles. The lowest BCUT2D eigenvalue weighted by molar-refractivity contribution is -0.120. The standard InChI is InChI=1S/C30H36ClFN4O/c1-36(2)20-26(37)14-13-21-9-11-22(12-10-21)16-25-17-27(28(31)19-33-25)29-7-4-8-30(35-29)34-18-23-5-3-6-24(32)15-23/h3-8,15,17,19,21-22H,9-14,16,18,20H2,1-2H3,(H,34,35). The Morgan fingerprint density at radius 2 is 1.84 bits per heavy atom. The summed E-state index contributed by atoms with van der Waals surface area (Å²) >= 11 is 6.53. The average molecular weight is 523 g/mol. The first-order valence-electron chi connectivity index (χ1n) is 13.1. The van der Waals surface area contributed by atoms with E-state index in [1.807, 2.05) is 43.3 Å². The quantitative estimate of drug-likeness (QED) is 0.300. The van der Waals surface area contributed by atoms with Gasteiger partial charge in [0.2, 0.25) is 0 Å². The van der Waals surface area contributed by atoms with Gasteiger partial charge in [0.15, 0.2) is 0 Å². The number of halogens is 2. The topological polar surface area (TPSA) is 58.1 Å². The Balaban J connectivity index is 1.33. The lowest BCUT2D eigenvalue weighted by atomic mass is 9.78. The molecule has 2 heterocycles. The molecule has 1 fully saturated rings. The predicted molar refractivity (Wildman–Crippen MR) is 148 cm³/mol. The molecule has 0 atom stereocenters. The molecule has 4 rings (SSSR count). The fourth-order valence-electron chi connectivity index (χ4n) is 5.13. The number of carbonyl (C=O) groups excluding carboxylic acids is 1. The number of hydrogen-bond donors (Lipinski definition) is 1. The highest BCUT2D eigenvalue weighted by Crippen LogP contribution is 2.34. The van der Waals surface area contributed by atoms with Crippen LogP contribution in [0.4, 0.5) is 10.2 Å². The van der Waals surface area contributed by atoms with Gasteiger partial charge in [0.25, 0.3) is 0 Å². The Kier molecular flexibility index (Phi) is 9.64. The summed E-state index contributed by atoms with van der Waals surface area (Å²) in [6.07, 6.45) is 9.06. The monoisotopic (exact) mass is 522 g/mol. The van der Waals surface area contributed by atoms with Gasteiger partial charge >= 0.3 is 0 Å². The molecule has 0 saturated heterocycles. The number of nitrogens with one attached hydrogen (secondary N) is 1. The first kappa shape index (κ1) is 27.2. The van der Waals surface area contributed by atoms with Gasteiger partial charge in [-0.05, 0) is 87.5 Å². The van der Waals surface area contributed by atoms with Crippen molar-refractivity contribution in [3.63, 3.8) is 0 Å². The van der Waals surface area contributed by atoms with Crippen LogP contribution >= 0.6 is 11.6 Å². The number of nitrogens with zero attached hydrogens (tertiary/aromatic N) is 3. The zero-order valence-corrected chi connectivity index (χ0v) is 22.5. The Morgan fingerprint density at radius 1 is 1.08 bits per heavy atom. The van der Waals surface area contributed by atoms with Crippen LogP contribution in [-0.2, 0) is 17.8 Å². The van der Waals surface area contributed by atoms with Crippen molar-refractivity contribution in [2.75, 3.05) is 26.0 Å². The zero-order chi connectivity index (χ0) is 26.2. The second-order valence-corrected chi connectivity index (χ2v) is 10.9. The van der Waals surface area contributed by atoms with Crippen LogP contribution in [0.2, 0.25) is 5.02 Å². The van der Waals surface area contributed by atoms with Gasteiger partial charge in [-0.15, -0.1) is 0 Å². The molecule has 0 radical (unpaired) electrons. The summed E-state index contributed by atoms with van der Waals surface area (Å²) in [5, 5.41) is 3.84. The predicted octanol–water partition coefficient (Wildman–Crippen LogP) is 6.81. The molecule has 0 bridgehead atoms. The number of carbonyl (C=O) groups is 1. The zero-order valence-electron chi connectivity index (χ0n) is 21.7. The molecular weight excluding hydrogens is 487 g/mol. The van der Waals surface area contributed by atoms with Gasteiger partial charge in [-0.2, -0.15) is 0 Å². The summed E-state index contributed by atoms with van der Waals surface area (Å²) in [4.78, 5) is 23.3. The van der Waals surface area contributed by atoms with Crippen molar-refractivity contribution in [1.82, 2.24) is 14.9 Å². The van der Waals surface area contributed by atoms with Gasteiger partial charge in [-0.1, -0.05) is 42.6 Å². The van der Waals surface area contributed by atoms with E-state index in [1.54, 1.807) is 12.3 Å². The van der Waals surface area contributed by atoms with E-state index in [2.05, 4.69) is 16.4 Å². The molecular formula is C30H36ClFN4O. The maximum atomic E-state index is 13.5. The number of aromatic nitrogens is 2. The average Bonchev–Trinajstić information content (AvgIpc) is 2.88. The van der Waals surface area contributed by atoms with E-state index in [4.69, 9.17) is 16.6 Å². The molecule has 2 aromatic heterocycles. The number of Topliss-reactive ketones (excluding diaryl/α,β-unsaturated/α-hetero) is 1. The molecule has 196 valence electrons. The molecule has 1 aliphatic carbocycles. The fraction of sp³-hybridized carbons (Fsp3) is 0.433. The Hall–Kier alpha value is -2.83. The van der Waals surface area contributed by atoms with Gasteiger partial charge in [0.1, 0.15) is 17.4 Å². The first-order chi connectivity index (χ1) is 17.9. The van der Waals surface area contributed by atoms with Crippen LogP contribution in [0.15, 0.2) is 54.7 Å². The van der Waals surface area contributed by atoms with Gasteiger partial charge in [0.05, 0.1) is 17.3 Å². The van der Waals surface area contributed by atoms with Crippen LogP contribution in [0.5, 0.6) is 0 Å². The van der Waals surface area contributed by atoms with Gasteiger partial charge in [-0.3, -0.25) is 9.78 Å². The fourth-order valence-corrected chi connectivity index (χ4v) is 5.33. The third-order valence-electron chi connectivity index (χ3n) is 7.09. The largest absolute Gasteiger partial charge is 0.366 e. The van der Waals surface area contributed by atoms with Crippen LogP contribution in [0.1, 0.15) is 49.8 Å². The summed E-state index contributed by atoms with van der Waals surface area (Å²) in [7, 11) is 3.89. The number of anilines is 1. The Bertz CT molecular complexity index is 1190. The summed E-state index contributed by atoms with van der Waals surface area (Å²) in [6, 6.07) is 14.4. The first-order valence-corrected chi connectivity index (χ1v) is 13.5. The highest BCUT2D eigenvalue weighted by molar-refractivity contribution is 6.33. The number of pyridine rings is 2. The van der Waals surface area contributed by atoms with E-state index < -0.39 is 0 Å². The van der Waals surface area contributed by atoms with Crippen LogP contribution < -0.4 is 5.32 Å². The molecule has 0 amide bonds. The van der Waals surface area contributed by atoms with Crippen molar-refractivity contribution in [1.29, 1.82) is 0 Å². The van der Waals surface area contributed by atoms with Gasteiger partial charge in [-0.25, -0.2) is 9.37 Å². The number of ketones is 1. The number of hydrogen-bond acceptors (Lipinski definition) is 5. The Labute approximate surface area is 224 Å². The molecule has 7 heteroatoms. The highest BCUT2D eigenvalue weighted by atomic mass is 35.5. The van der Waals surface area contributed by atoms with Gasteiger partial charge in [0, 0.05) is 30.4 Å². The summed E-state index contributed by atoms with van der Waals surface area (Å²) in [6.45, 7) is 1.02. The molecule has 0 unspecified atom stereocenters. The minimum atomic E-state index is -0.249. The molecule has 1 aliphatic rings. The minimum absolute atomic E-state index is 0.249. The van der Waals surface area contributed by atoms with E-state index >= 15 is 0 Å². The molecule has 0 aliphatic heterocycles. The van der Waals surface area contributed by atoms with Crippen LogP contribution in [0.25, 0.3) is 11.3 Å². The van der Waals surface area contributed by atoms with E-state index in [1.165, 1.54) is 37.8 Å². The molecule has 5 nitrogen and oxygen atoms in total. The van der Waals surface area contributed by atoms with Crippen molar-refractivity contribution in [2.45, 2.75) is 51.5 Å². The van der Waals surface area contributed by atoms with Gasteiger partial charge < -0.3 is 10.2 Å². The normalized spacial score (nSPS) is 17.6. The van der Waals surface area contributed by atoms with E-state index in [0.29, 0.717) is 48.0 Å². The second-order valence-electron chi connectivity index (χ2n) is 10.5. The molecule has 3 aromatic rings. The smallest absolute Gasteiger partial charge is 0.146 e. The summed E-state index contributed by atoms with van der Waals surface area (Å²) < 4.78 is 13.5. The Morgan fingerprint density at radius 3 is 2.59 bits per heavy atom. The van der Waals surface area contributed by atoms with Crippen molar-refractivity contribution in [3.8, 4) is 11.3 Å². The van der Waals surface area contributed by atoms with Crippen molar-refractivity contribution >= 4 is 23.2 Å². The molecule has 0 spiro atoms.